The molecule has 0 radical (unpaired) electrons. The Morgan fingerprint density at radius 3 is 2.00 bits per heavy atom. The lowest BCUT2D eigenvalue weighted by Gasteiger charge is -2.23. The largest absolute Gasteiger partial charge is 0.352 e. The second-order valence-corrected chi connectivity index (χ2v) is 5.63. The standard InChI is InChI=1S/C9H18BrNO/c1-6(10)7(2)11-8(12)9(3,4)5/h6-7H,1-5H3,(H,11,12). The molecule has 0 aromatic carbocycles. The molecule has 2 atom stereocenters. The number of hydrogen-bond acceptors (Lipinski definition) is 1. The molecule has 72 valence electrons. The molecule has 12 heavy (non-hydrogen) atoms. The number of rotatable bonds is 2. The molecule has 0 rings (SSSR count). The van der Waals surface area contributed by atoms with Gasteiger partial charge in [-0.3, -0.25) is 4.79 Å². The second kappa shape index (κ2) is 4.26. The van der Waals surface area contributed by atoms with Gasteiger partial charge in [-0.05, 0) is 6.92 Å². The van der Waals surface area contributed by atoms with Crippen molar-refractivity contribution in [1.82, 2.24) is 5.32 Å². The highest BCUT2D eigenvalue weighted by Crippen LogP contribution is 2.14. The normalized spacial score (nSPS) is 16.8. The fraction of sp³-hybridized carbons (Fsp3) is 0.889. The Balaban J connectivity index is 4.02. The van der Waals surface area contributed by atoms with Gasteiger partial charge in [0, 0.05) is 16.3 Å². The summed E-state index contributed by atoms with van der Waals surface area (Å²) in [7, 11) is 0. The van der Waals surface area contributed by atoms with Crippen LogP contribution in [0.2, 0.25) is 0 Å². The molecule has 1 amide bonds. The Bertz CT molecular complexity index is 160. The van der Waals surface area contributed by atoms with Gasteiger partial charge in [0.05, 0.1) is 0 Å². The first-order chi connectivity index (χ1) is 5.25. The topological polar surface area (TPSA) is 29.1 Å². The summed E-state index contributed by atoms with van der Waals surface area (Å²) in [6.07, 6.45) is 0. The number of hydrogen-bond donors (Lipinski definition) is 1. The van der Waals surface area contributed by atoms with Gasteiger partial charge in [-0.1, -0.05) is 43.6 Å². The van der Waals surface area contributed by atoms with E-state index in [9.17, 15) is 4.79 Å². The molecule has 0 fully saturated rings. The number of halogens is 1. The molecule has 0 heterocycles. The molecule has 1 N–H and O–H groups in total. The van der Waals surface area contributed by atoms with Gasteiger partial charge in [0.2, 0.25) is 5.91 Å². The van der Waals surface area contributed by atoms with Crippen LogP contribution >= 0.6 is 15.9 Å². The minimum Gasteiger partial charge on any atom is -0.352 e. The van der Waals surface area contributed by atoms with Crippen molar-refractivity contribution in [3.8, 4) is 0 Å². The van der Waals surface area contributed by atoms with E-state index in [4.69, 9.17) is 0 Å². The van der Waals surface area contributed by atoms with Gasteiger partial charge in [-0.2, -0.15) is 0 Å². The minimum atomic E-state index is -0.295. The summed E-state index contributed by atoms with van der Waals surface area (Å²) < 4.78 is 0. The Hall–Kier alpha value is -0.0500. The number of carbonyl (C=O) groups excluding carboxylic acids is 1. The monoisotopic (exact) mass is 235 g/mol. The highest BCUT2D eigenvalue weighted by Gasteiger charge is 2.23. The van der Waals surface area contributed by atoms with Gasteiger partial charge < -0.3 is 5.32 Å². The molecule has 0 aliphatic rings. The van der Waals surface area contributed by atoms with Gasteiger partial charge in [-0.15, -0.1) is 0 Å². The van der Waals surface area contributed by atoms with Crippen LogP contribution < -0.4 is 5.32 Å². The Kier molecular flexibility index (Phi) is 4.24. The summed E-state index contributed by atoms with van der Waals surface area (Å²) >= 11 is 3.42. The van der Waals surface area contributed by atoms with E-state index in [0.29, 0.717) is 4.83 Å². The summed E-state index contributed by atoms with van der Waals surface area (Å²) in [4.78, 5) is 11.8. The minimum absolute atomic E-state index is 0.0984. The molecule has 0 aliphatic heterocycles. The molecule has 2 unspecified atom stereocenters. The van der Waals surface area contributed by atoms with Crippen LogP contribution in [0.1, 0.15) is 34.6 Å². The van der Waals surface area contributed by atoms with Gasteiger partial charge in [0.1, 0.15) is 0 Å². The molecule has 0 aromatic heterocycles. The van der Waals surface area contributed by atoms with Crippen LogP contribution in [0, 0.1) is 5.41 Å². The predicted molar refractivity (Wildman–Crippen MR) is 55.4 cm³/mol. The molecule has 0 bridgehead atoms. The summed E-state index contributed by atoms with van der Waals surface area (Å²) in [6.45, 7) is 9.74. The third kappa shape index (κ3) is 4.10. The maximum atomic E-state index is 11.4. The van der Waals surface area contributed by atoms with Gasteiger partial charge in [0.15, 0.2) is 0 Å². The Labute approximate surface area is 83.2 Å². The van der Waals surface area contributed by atoms with Crippen LogP contribution in [0.3, 0.4) is 0 Å². The van der Waals surface area contributed by atoms with Crippen molar-refractivity contribution in [2.75, 3.05) is 0 Å². The Morgan fingerprint density at radius 1 is 1.33 bits per heavy atom. The lowest BCUT2D eigenvalue weighted by atomic mass is 9.95. The average molecular weight is 236 g/mol. The first kappa shape index (κ1) is 11.9. The van der Waals surface area contributed by atoms with Crippen molar-refractivity contribution in [1.29, 1.82) is 0 Å². The van der Waals surface area contributed by atoms with Crippen molar-refractivity contribution in [2.45, 2.75) is 45.5 Å². The second-order valence-electron chi connectivity index (χ2n) is 4.19. The Morgan fingerprint density at radius 2 is 1.75 bits per heavy atom. The molecular formula is C9H18BrNO. The zero-order valence-electron chi connectivity index (χ0n) is 8.44. The first-order valence-corrected chi connectivity index (χ1v) is 5.11. The summed E-state index contributed by atoms with van der Waals surface area (Å²) in [5.74, 6) is 0.0984. The third-order valence-electron chi connectivity index (χ3n) is 1.73. The van der Waals surface area contributed by atoms with E-state index in [0.717, 1.165) is 0 Å². The van der Waals surface area contributed by atoms with Crippen LogP contribution in [0.5, 0.6) is 0 Å². The van der Waals surface area contributed by atoms with E-state index in [1.54, 1.807) is 0 Å². The zero-order valence-corrected chi connectivity index (χ0v) is 10.0. The maximum Gasteiger partial charge on any atom is 0.225 e. The highest BCUT2D eigenvalue weighted by molar-refractivity contribution is 9.09. The molecule has 2 nitrogen and oxygen atoms in total. The average Bonchev–Trinajstić information content (AvgIpc) is 1.85. The summed E-state index contributed by atoms with van der Waals surface area (Å²) in [5, 5.41) is 2.93. The smallest absolute Gasteiger partial charge is 0.225 e. The van der Waals surface area contributed by atoms with Crippen molar-refractivity contribution < 1.29 is 4.79 Å². The molecule has 0 saturated heterocycles. The van der Waals surface area contributed by atoms with Crippen LogP contribution in [-0.4, -0.2) is 16.8 Å². The summed E-state index contributed by atoms with van der Waals surface area (Å²) in [6, 6.07) is 0.178. The molecular weight excluding hydrogens is 218 g/mol. The van der Waals surface area contributed by atoms with E-state index in [1.807, 2.05) is 34.6 Å². The number of nitrogens with one attached hydrogen (secondary N) is 1. The van der Waals surface area contributed by atoms with E-state index in [1.165, 1.54) is 0 Å². The lowest BCUT2D eigenvalue weighted by molar-refractivity contribution is -0.129. The molecule has 0 aliphatic carbocycles. The number of amides is 1. The SMILES string of the molecule is CC(Br)C(C)NC(=O)C(C)(C)C. The van der Waals surface area contributed by atoms with Crippen molar-refractivity contribution in [2.24, 2.45) is 5.41 Å². The zero-order chi connectivity index (χ0) is 9.94. The highest BCUT2D eigenvalue weighted by atomic mass is 79.9. The fourth-order valence-corrected chi connectivity index (χ4v) is 0.670. The summed E-state index contributed by atoms with van der Waals surface area (Å²) in [5.41, 5.74) is -0.295. The van der Waals surface area contributed by atoms with Crippen molar-refractivity contribution >= 4 is 21.8 Å². The first-order valence-electron chi connectivity index (χ1n) is 4.20. The quantitative estimate of drug-likeness (QED) is 0.732. The van der Waals surface area contributed by atoms with Crippen LogP contribution in [0.15, 0.2) is 0 Å². The van der Waals surface area contributed by atoms with E-state index >= 15 is 0 Å². The number of carbonyl (C=O) groups is 1. The fourth-order valence-electron chi connectivity index (χ4n) is 0.538. The van der Waals surface area contributed by atoms with Gasteiger partial charge >= 0.3 is 0 Å². The third-order valence-corrected chi connectivity index (χ3v) is 2.52. The maximum absolute atomic E-state index is 11.4. The van der Waals surface area contributed by atoms with Gasteiger partial charge in [-0.25, -0.2) is 0 Å². The van der Waals surface area contributed by atoms with E-state index < -0.39 is 0 Å². The van der Waals surface area contributed by atoms with Crippen LogP contribution in [-0.2, 0) is 4.79 Å². The molecule has 0 aromatic rings. The van der Waals surface area contributed by atoms with E-state index in [-0.39, 0.29) is 17.4 Å². The van der Waals surface area contributed by atoms with Crippen LogP contribution in [0.25, 0.3) is 0 Å². The molecule has 0 spiro atoms. The molecule has 0 saturated carbocycles. The lowest BCUT2D eigenvalue weighted by Crippen LogP contribution is -2.43. The van der Waals surface area contributed by atoms with Gasteiger partial charge in [0.25, 0.3) is 0 Å². The van der Waals surface area contributed by atoms with Crippen molar-refractivity contribution in [3.05, 3.63) is 0 Å². The molecule has 3 heteroatoms. The van der Waals surface area contributed by atoms with Crippen LogP contribution in [0.4, 0.5) is 0 Å². The predicted octanol–water partition coefficient (Wildman–Crippen LogP) is 2.32. The van der Waals surface area contributed by atoms with Crippen molar-refractivity contribution in [3.63, 3.8) is 0 Å². The number of alkyl halides is 1. The van der Waals surface area contributed by atoms with E-state index in [2.05, 4.69) is 21.2 Å².